The molecule has 0 aromatic carbocycles. The lowest BCUT2D eigenvalue weighted by molar-refractivity contribution is -0.125. The zero-order valence-corrected chi connectivity index (χ0v) is 9.16. The summed E-state index contributed by atoms with van der Waals surface area (Å²) in [6.45, 7) is 7.88. The fourth-order valence-corrected chi connectivity index (χ4v) is 1.79. The van der Waals surface area contributed by atoms with Gasteiger partial charge in [-0.15, -0.1) is 0 Å². The molecular formula is C10H20N2O2. The first-order valence-electron chi connectivity index (χ1n) is 5.26. The molecule has 2 N–H and O–H groups in total. The van der Waals surface area contributed by atoms with E-state index >= 15 is 0 Å². The second kappa shape index (κ2) is 4.75. The number of aliphatic hydroxyl groups is 1. The largest absolute Gasteiger partial charge is 0.391 e. The van der Waals surface area contributed by atoms with Crippen LogP contribution in [0.1, 0.15) is 20.8 Å². The number of nitrogens with zero attached hydrogens (tertiary/aromatic N) is 1. The van der Waals surface area contributed by atoms with Crippen molar-refractivity contribution in [2.75, 3.05) is 19.6 Å². The number of carbonyl (C=O) groups excluding carboxylic acids is 1. The number of β-amino-alcohol motifs (C(OH)–C–C–N with tert-alkyl or cyclic N) is 1. The van der Waals surface area contributed by atoms with Crippen molar-refractivity contribution >= 4 is 5.91 Å². The van der Waals surface area contributed by atoms with E-state index in [0.29, 0.717) is 13.1 Å². The molecule has 1 saturated heterocycles. The average molecular weight is 200 g/mol. The topological polar surface area (TPSA) is 52.6 Å². The maximum absolute atomic E-state index is 11.5. The number of amides is 1. The van der Waals surface area contributed by atoms with Crippen LogP contribution in [0.3, 0.4) is 0 Å². The Kier molecular flexibility index (Phi) is 3.89. The Labute approximate surface area is 85.3 Å². The lowest BCUT2D eigenvalue weighted by Crippen LogP contribution is -2.44. The van der Waals surface area contributed by atoms with E-state index in [4.69, 9.17) is 0 Å². The van der Waals surface area contributed by atoms with Crippen LogP contribution in [0.2, 0.25) is 0 Å². The normalized spacial score (nSPS) is 30.3. The fourth-order valence-electron chi connectivity index (χ4n) is 1.79. The SMILES string of the molecule is CCNC(=O)C(C)N1CC(C)C(O)C1. The lowest BCUT2D eigenvalue weighted by Gasteiger charge is -2.22. The molecule has 1 rings (SSSR count). The number of aliphatic hydroxyl groups excluding tert-OH is 1. The predicted molar refractivity (Wildman–Crippen MR) is 54.9 cm³/mol. The van der Waals surface area contributed by atoms with Crippen molar-refractivity contribution in [1.29, 1.82) is 0 Å². The first kappa shape index (κ1) is 11.5. The number of likely N-dealkylation sites (tertiary alicyclic amines) is 1. The highest BCUT2D eigenvalue weighted by molar-refractivity contribution is 5.81. The van der Waals surface area contributed by atoms with E-state index < -0.39 is 0 Å². The molecule has 0 spiro atoms. The third-order valence-electron chi connectivity index (χ3n) is 2.88. The van der Waals surface area contributed by atoms with Crippen LogP contribution in [-0.2, 0) is 4.79 Å². The second-order valence-electron chi connectivity index (χ2n) is 4.07. The van der Waals surface area contributed by atoms with E-state index in [-0.39, 0.29) is 24.0 Å². The van der Waals surface area contributed by atoms with E-state index in [1.807, 2.05) is 25.7 Å². The van der Waals surface area contributed by atoms with Crippen molar-refractivity contribution in [2.24, 2.45) is 5.92 Å². The van der Waals surface area contributed by atoms with Gasteiger partial charge in [0.05, 0.1) is 12.1 Å². The van der Waals surface area contributed by atoms with Crippen molar-refractivity contribution in [3.05, 3.63) is 0 Å². The fraction of sp³-hybridized carbons (Fsp3) is 0.900. The van der Waals surface area contributed by atoms with Gasteiger partial charge < -0.3 is 10.4 Å². The van der Waals surface area contributed by atoms with Gasteiger partial charge >= 0.3 is 0 Å². The summed E-state index contributed by atoms with van der Waals surface area (Å²) < 4.78 is 0. The van der Waals surface area contributed by atoms with Crippen LogP contribution < -0.4 is 5.32 Å². The minimum atomic E-state index is -0.285. The molecule has 0 aliphatic carbocycles. The molecule has 0 aromatic rings. The van der Waals surface area contributed by atoms with Crippen molar-refractivity contribution < 1.29 is 9.90 Å². The first-order chi connectivity index (χ1) is 6.56. The quantitative estimate of drug-likeness (QED) is 0.664. The summed E-state index contributed by atoms with van der Waals surface area (Å²) in [6.07, 6.45) is -0.285. The molecule has 1 amide bonds. The maximum Gasteiger partial charge on any atom is 0.237 e. The Hall–Kier alpha value is -0.610. The van der Waals surface area contributed by atoms with Gasteiger partial charge in [-0.3, -0.25) is 9.69 Å². The molecular weight excluding hydrogens is 180 g/mol. The smallest absolute Gasteiger partial charge is 0.237 e. The third-order valence-corrected chi connectivity index (χ3v) is 2.88. The van der Waals surface area contributed by atoms with Gasteiger partial charge in [-0.2, -0.15) is 0 Å². The summed E-state index contributed by atoms with van der Waals surface area (Å²) >= 11 is 0. The molecule has 0 aromatic heterocycles. The zero-order valence-electron chi connectivity index (χ0n) is 9.16. The Bertz CT molecular complexity index is 198. The highest BCUT2D eigenvalue weighted by Gasteiger charge is 2.32. The van der Waals surface area contributed by atoms with E-state index in [1.165, 1.54) is 0 Å². The Morgan fingerprint density at radius 3 is 2.71 bits per heavy atom. The summed E-state index contributed by atoms with van der Waals surface area (Å²) in [5.41, 5.74) is 0. The van der Waals surface area contributed by atoms with Crippen LogP contribution in [0.5, 0.6) is 0 Å². The summed E-state index contributed by atoms with van der Waals surface area (Å²) in [7, 11) is 0. The minimum Gasteiger partial charge on any atom is -0.391 e. The van der Waals surface area contributed by atoms with Gasteiger partial charge in [0.25, 0.3) is 0 Å². The monoisotopic (exact) mass is 200 g/mol. The molecule has 1 aliphatic heterocycles. The number of nitrogens with one attached hydrogen (secondary N) is 1. The van der Waals surface area contributed by atoms with Crippen LogP contribution >= 0.6 is 0 Å². The summed E-state index contributed by atoms with van der Waals surface area (Å²) in [5.74, 6) is 0.320. The van der Waals surface area contributed by atoms with E-state index in [1.54, 1.807) is 0 Å². The first-order valence-corrected chi connectivity index (χ1v) is 5.26. The van der Waals surface area contributed by atoms with Crippen molar-refractivity contribution in [2.45, 2.75) is 32.9 Å². The molecule has 0 radical (unpaired) electrons. The van der Waals surface area contributed by atoms with E-state index in [9.17, 15) is 9.90 Å². The third kappa shape index (κ3) is 2.45. The molecule has 1 heterocycles. The number of hydrogen-bond acceptors (Lipinski definition) is 3. The molecule has 4 nitrogen and oxygen atoms in total. The molecule has 14 heavy (non-hydrogen) atoms. The summed E-state index contributed by atoms with van der Waals surface area (Å²) in [6, 6.07) is -0.130. The number of likely N-dealkylation sites (N-methyl/N-ethyl adjacent to an activating group) is 1. The Balaban J connectivity index is 2.46. The molecule has 0 saturated carbocycles. The molecule has 3 atom stereocenters. The summed E-state index contributed by atoms with van der Waals surface area (Å²) in [5, 5.41) is 12.3. The zero-order chi connectivity index (χ0) is 10.7. The van der Waals surface area contributed by atoms with Crippen LogP contribution in [-0.4, -0.2) is 47.7 Å². The van der Waals surface area contributed by atoms with Gasteiger partial charge in [-0.25, -0.2) is 0 Å². The van der Waals surface area contributed by atoms with E-state index in [0.717, 1.165) is 6.54 Å². The number of hydrogen-bond donors (Lipinski definition) is 2. The molecule has 1 fully saturated rings. The minimum absolute atomic E-state index is 0.0498. The van der Waals surface area contributed by atoms with Gasteiger partial charge in [0.15, 0.2) is 0 Å². The molecule has 4 heteroatoms. The highest BCUT2D eigenvalue weighted by Crippen LogP contribution is 2.18. The molecule has 82 valence electrons. The van der Waals surface area contributed by atoms with Crippen LogP contribution in [0.4, 0.5) is 0 Å². The van der Waals surface area contributed by atoms with Crippen LogP contribution in [0.15, 0.2) is 0 Å². The Morgan fingerprint density at radius 2 is 2.29 bits per heavy atom. The standard InChI is InChI=1S/C10H20N2O2/c1-4-11-10(14)8(3)12-5-7(2)9(13)6-12/h7-9,13H,4-6H2,1-3H3,(H,11,14). The van der Waals surface area contributed by atoms with Gasteiger partial charge in [-0.1, -0.05) is 6.92 Å². The highest BCUT2D eigenvalue weighted by atomic mass is 16.3. The van der Waals surface area contributed by atoms with E-state index in [2.05, 4.69) is 5.32 Å². The van der Waals surface area contributed by atoms with Crippen molar-refractivity contribution in [3.63, 3.8) is 0 Å². The van der Waals surface area contributed by atoms with Gasteiger partial charge in [0.2, 0.25) is 5.91 Å². The number of carbonyl (C=O) groups is 1. The maximum atomic E-state index is 11.5. The van der Waals surface area contributed by atoms with Crippen LogP contribution in [0, 0.1) is 5.92 Å². The predicted octanol–water partition coefficient (Wildman–Crippen LogP) is -0.176. The van der Waals surface area contributed by atoms with Gasteiger partial charge in [0, 0.05) is 19.6 Å². The van der Waals surface area contributed by atoms with Gasteiger partial charge in [0.1, 0.15) is 0 Å². The lowest BCUT2D eigenvalue weighted by atomic mass is 10.1. The summed E-state index contributed by atoms with van der Waals surface area (Å²) in [4.78, 5) is 13.5. The van der Waals surface area contributed by atoms with Crippen molar-refractivity contribution in [3.8, 4) is 0 Å². The van der Waals surface area contributed by atoms with Gasteiger partial charge in [-0.05, 0) is 19.8 Å². The average Bonchev–Trinajstić information content (AvgIpc) is 2.46. The molecule has 0 bridgehead atoms. The van der Waals surface area contributed by atoms with Crippen molar-refractivity contribution in [1.82, 2.24) is 10.2 Å². The Morgan fingerprint density at radius 1 is 1.64 bits per heavy atom. The van der Waals surface area contributed by atoms with Crippen LogP contribution in [0.25, 0.3) is 0 Å². The molecule has 3 unspecified atom stereocenters. The molecule has 1 aliphatic rings. The number of rotatable bonds is 3. The second-order valence-corrected chi connectivity index (χ2v) is 4.07.